The van der Waals surface area contributed by atoms with E-state index in [1.807, 2.05) is 18.2 Å². The second-order valence-corrected chi connectivity index (χ2v) is 6.08. The predicted molar refractivity (Wildman–Crippen MR) is 76.8 cm³/mol. The molecule has 0 radical (unpaired) electrons. The van der Waals surface area contributed by atoms with Crippen molar-refractivity contribution in [2.75, 3.05) is 11.4 Å². The monoisotopic (exact) mass is 276 g/mol. The van der Waals surface area contributed by atoms with E-state index in [2.05, 4.69) is 22.9 Å². The number of aliphatic carboxylic acids is 1. The summed E-state index contributed by atoms with van der Waals surface area (Å²) >= 11 is 1.68. The summed E-state index contributed by atoms with van der Waals surface area (Å²) in [4.78, 5) is 17.9. The minimum absolute atomic E-state index is 0.208. The van der Waals surface area contributed by atoms with Gasteiger partial charge in [-0.25, -0.2) is 4.98 Å². The van der Waals surface area contributed by atoms with Gasteiger partial charge in [0.1, 0.15) is 0 Å². The number of carbonyl (C=O) groups is 1. The van der Waals surface area contributed by atoms with Crippen LogP contribution in [0.3, 0.4) is 0 Å². The molecule has 1 saturated heterocycles. The fourth-order valence-corrected chi connectivity index (χ4v) is 3.76. The molecule has 1 aromatic heterocycles. The first kappa shape index (κ1) is 12.4. The van der Waals surface area contributed by atoms with Gasteiger partial charge in [-0.3, -0.25) is 4.79 Å². The van der Waals surface area contributed by atoms with Crippen LogP contribution in [0.5, 0.6) is 0 Å². The summed E-state index contributed by atoms with van der Waals surface area (Å²) in [5.41, 5.74) is 1.02. The second kappa shape index (κ2) is 4.81. The second-order valence-electron chi connectivity index (χ2n) is 5.07. The molecule has 0 amide bonds. The molecule has 100 valence electrons. The van der Waals surface area contributed by atoms with Crippen molar-refractivity contribution in [2.24, 2.45) is 5.92 Å². The molecular weight excluding hydrogens is 260 g/mol. The highest BCUT2D eigenvalue weighted by molar-refractivity contribution is 7.22. The van der Waals surface area contributed by atoms with Gasteiger partial charge in [-0.1, -0.05) is 23.5 Å². The topological polar surface area (TPSA) is 53.4 Å². The van der Waals surface area contributed by atoms with Crippen LogP contribution >= 0.6 is 11.3 Å². The molecule has 1 N–H and O–H groups in total. The Kier molecular flexibility index (Phi) is 3.14. The molecule has 0 saturated carbocycles. The molecule has 0 bridgehead atoms. The zero-order valence-electron chi connectivity index (χ0n) is 10.7. The average Bonchev–Trinajstić information content (AvgIpc) is 2.81. The van der Waals surface area contributed by atoms with Gasteiger partial charge in [0, 0.05) is 12.6 Å². The van der Waals surface area contributed by atoms with E-state index in [1.165, 1.54) is 4.70 Å². The highest BCUT2D eigenvalue weighted by Crippen LogP contribution is 2.33. The molecule has 5 heteroatoms. The number of piperidine rings is 1. The Morgan fingerprint density at radius 1 is 1.47 bits per heavy atom. The van der Waals surface area contributed by atoms with Crippen LogP contribution in [0.1, 0.15) is 19.8 Å². The van der Waals surface area contributed by atoms with E-state index in [0.717, 1.165) is 17.2 Å². The lowest BCUT2D eigenvalue weighted by molar-refractivity contribution is -0.142. The van der Waals surface area contributed by atoms with Crippen LogP contribution in [0.25, 0.3) is 10.2 Å². The van der Waals surface area contributed by atoms with E-state index in [1.54, 1.807) is 11.3 Å². The highest BCUT2D eigenvalue weighted by Gasteiger charge is 2.31. The van der Waals surface area contributed by atoms with Crippen molar-refractivity contribution < 1.29 is 9.90 Å². The Labute approximate surface area is 115 Å². The number of hydrogen-bond donors (Lipinski definition) is 1. The standard InChI is InChI=1S/C14H16N2O2S/c1-9-8-10(13(17)18)6-7-16(9)14-15-11-4-2-3-5-12(11)19-14/h2-5,9-10H,6-8H2,1H3,(H,17,18). The molecule has 2 heterocycles. The number of nitrogens with zero attached hydrogens (tertiary/aromatic N) is 2. The molecule has 0 aliphatic carbocycles. The summed E-state index contributed by atoms with van der Waals surface area (Å²) in [5, 5.41) is 10.1. The van der Waals surface area contributed by atoms with Gasteiger partial charge in [0.25, 0.3) is 0 Å². The Morgan fingerprint density at radius 3 is 2.95 bits per heavy atom. The molecule has 4 nitrogen and oxygen atoms in total. The number of fused-ring (bicyclic) bond motifs is 1. The van der Waals surface area contributed by atoms with E-state index < -0.39 is 5.97 Å². The largest absolute Gasteiger partial charge is 0.481 e. The number of hydrogen-bond acceptors (Lipinski definition) is 4. The lowest BCUT2D eigenvalue weighted by atomic mass is 9.92. The van der Waals surface area contributed by atoms with E-state index in [0.29, 0.717) is 12.8 Å². The summed E-state index contributed by atoms with van der Waals surface area (Å²) < 4.78 is 1.19. The van der Waals surface area contributed by atoms with E-state index in [4.69, 9.17) is 5.11 Å². The first-order chi connectivity index (χ1) is 9.15. The predicted octanol–water partition coefficient (Wildman–Crippen LogP) is 2.99. The number of para-hydroxylation sites is 1. The van der Waals surface area contributed by atoms with Crippen molar-refractivity contribution in [3.63, 3.8) is 0 Å². The van der Waals surface area contributed by atoms with Crippen molar-refractivity contribution >= 4 is 32.7 Å². The molecule has 1 aromatic carbocycles. The maximum Gasteiger partial charge on any atom is 0.306 e. The molecule has 2 aromatic rings. The molecule has 2 atom stereocenters. The van der Waals surface area contributed by atoms with Crippen molar-refractivity contribution in [3.05, 3.63) is 24.3 Å². The summed E-state index contributed by atoms with van der Waals surface area (Å²) in [6, 6.07) is 8.33. The van der Waals surface area contributed by atoms with Gasteiger partial charge < -0.3 is 10.0 Å². The Bertz CT molecular complexity index is 577. The number of thiazole rings is 1. The quantitative estimate of drug-likeness (QED) is 0.916. The van der Waals surface area contributed by atoms with Crippen LogP contribution < -0.4 is 4.90 Å². The number of anilines is 1. The maximum absolute atomic E-state index is 11.1. The first-order valence-corrected chi connectivity index (χ1v) is 7.32. The summed E-state index contributed by atoms with van der Waals surface area (Å²) in [7, 11) is 0. The third-order valence-electron chi connectivity index (χ3n) is 3.75. The highest BCUT2D eigenvalue weighted by atomic mass is 32.1. The van der Waals surface area contributed by atoms with Crippen molar-refractivity contribution in [3.8, 4) is 0 Å². The van der Waals surface area contributed by atoms with Gasteiger partial charge in [-0.05, 0) is 31.9 Å². The fraction of sp³-hybridized carbons (Fsp3) is 0.429. The van der Waals surface area contributed by atoms with Crippen molar-refractivity contribution in [1.82, 2.24) is 4.98 Å². The van der Waals surface area contributed by atoms with Gasteiger partial charge in [-0.15, -0.1) is 0 Å². The lowest BCUT2D eigenvalue weighted by Gasteiger charge is -2.36. The number of rotatable bonds is 2. The maximum atomic E-state index is 11.1. The fourth-order valence-electron chi connectivity index (χ4n) is 2.66. The van der Waals surface area contributed by atoms with Crippen molar-refractivity contribution in [1.29, 1.82) is 0 Å². The van der Waals surface area contributed by atoms with E-state index >= 15 is 0 Å². The lowest BCUT2D eigenvalue weighted by Crippen LogP contribution is -2.42. The molecular formula is C14H16N2O2S. The van der Waals surface area contributed by atoms with Gasteiger partial charge in [-0.2, -0.15) is 0 Å². The minimum atomic E-state index is -0.671. The number of carboxylic acids is 1. The molecule has 1 aliphatic rings. The van der Waals surface area contributed by atoms with Crippen LogP contribution in [0.4, 0.5) is 5.13 Å². The first-order valence-electron chi connectivity index (χ1n) is 6.50. The molecule has 0 spiro atoms. The van der Waals surface area contributed by atoms with Crippen LogP contribution in [-0.2, 0) is 4.79 Å². The number of carboxylic acid groups (broad SMARTS) is 1. The summed E-state index contributed by atoms with van der Waals surface area (Å²) in [5.74, 6) is -0.878. The number of benzene rings is 1. The average molecular weight is 276 g/mol. The van der Waals surface area contributed by atoms with Gasteiger partial charge in [0.2, 0.25) is 0 Å². The molecule has 1 aliphatic heterocycles. The SMILES string of the molecule is CC1CC(C(=O)O)CCN1c1nc2ccccc2s1. The summed E-state index contributed by atoms with van der Waals surface area (Å²) in [6.07, 6.45) is 1.40. The minimum Gasteiger partial charge on any atom is -0.481 e. The third kappa shape index (κ3) is 2.30. The van der Waals surface area contributed by atoms with Crippen LogP contribution in [0.2, 0.25) is 0 Å². The smallest absolute Gasteiger partial charge is 0.306 e. The molecule has 3 rings (SSSR count). The normalized spacial score (nSPS) is 23.7. The zero-order chi connectivity index (χ0) is 13.4. The Morgan fingerprint density at radius 2 is 2.26 bits per heavy atom. The molecule has 2 unspecified atom stereocenters. The van der Waals surface area contributed by atoms with Gasteiger partial charge >= 0.3 is 5.97 Å². The Hall–Kier alpha value is -1.62. The Balaban J connectivity index is 1.84. The third-order valence-corrected chi connectivity index (χ3v) is 4.83. The zero-order valence-corrected chi connectivity index (χ0v) is 11.6. The number of aromatic nitrogens is 1. The van der Waals surface area contributed by atoms with Crippen LogP contribution in [0.15, 0.2) is 24.3 Å². The van der Waals surface area contributed by atoms with Gasteiger partial charge in [0.15, 0.2) is 5.13 Å². The van der Waals surface area contributed by atoms with E-state index in [9.17, 15) is 4.79 Å². The molecule has 19 heavy (non-hydrogen) atoms. The van der Waals surface area contributed by atoms with Crippen molar-refractivity contribution in [2.45, 2.75) is 25.8 Å². The van der Waals surface area contributed by atoms with Gasteiger partial charge in [0.05, 0.1) is 16.1 Å². The molecule has 1 fully saturated rings. The van der Waals surface area contributed by atoms with Crippen LogP contribution in [0, 0.1) is 5.92 Å². The van der Waals surface area contributed by atoms with E-state index in [-0.39, 0.29) is 12.0 Å². The van der Waals surface area contributed by atoms with Crippen LogP contribution in [-0.4, -0.2) is 28.6 Å². The summed E-state index contributed by atoms with van der Waals surface area (Å²) in [6.45, 7) is 2.86.